The molecular formula is C13H16N2O6Pt. The van der Waals surface area contributed by atoms with Crippen molar-refractivity contribution in [3.8, 4) is 0 Å². The number of carbonyl (C=O) groups excluding carboxylic acids is 2. The molecule has 1 aromatic carbocycles. The number of aliphatic hydroxyl groups excluding tert-OH is 2. The number of hydrogen-bond donors (Lipinski definition) is 3. The number of rotatable bonds is 2. The van der Waals surface area contributed by atoms with E-state index in [2.05, 4.69) is 17.1 Å². The van der Waals surface area contributed by atoms with Crippen molar-refractivity contribution in [2.45, 2.75) is 0 Å². The molecule has 0 saturated heterocycles. The van der Waals surface area contributed by atoms with Gasteiger partial charge >= 0.3 is 21.1 Å². The number of aliphatic carboxylic acids is 2. The van der Waals surface area contributed by atoms with Crippen molar-refractivity contribution in [1.29, 1.82) is 0 Å². The summed E-state index contributed by atoms with van der Waals surface area (Å²) >= 11 is 0. The number of aliphatic hydroxyl groups is 2. The molecule has 0 unspecified atom stereocenters. The zero-order valence-electron chi connectivity index (χ0n) is 11.5. The van der Waals surface area contributed by atoms with Crippen molar-refractivity contribution < 1.29 is 51.1 Å². The zero-order valence-corrected chi connectivity index (χ0v) is 13.7. The van der Waals surface area contributed by atoms with Crippen LogP contribution >= 0.6 is 0 Å². The van der Waals surface area contributed by atoms with Crippen LogP contribution in [0.5, 0.6) is 0 Å². The maximum Gasteiger partial charge on any atom is 2.00 e. The van der Waals surface area contributed by atoms with Gasteiger partial charge in [0.05, 0.1) is 25.2 Å². The number of carbonyl (C=O) groups is 2. The molecule has 1 heterocycles. The van der Waals surface area contributed by atoms with Gasteiger partial charge in [0, 0.05) is 12.4 Å². The number of pyridine rings is 1. The third kappa shape index (κ3) is 13.1. The van der Waals surface area contributed by atoms with Crippen molar-refractivity contribution in [2.24, 2.45) is 0 Å². The second-order valence-electron chi connectivity index (χ2n) is 3.28. The van der Waals surface area contributed by atoms with E-state index < -0.39 is 25.2 Å². The van der Waals surface area contributed by atoms with Gasteiger partial charge in [0.2, 0.25) is 0 Å². The molecular weight excluding hydrogens is 475 g/mol. The molecule has 0 spiro atoms. The maximum atomic E-state index is 9.01. The van der Waals surface area contributed by atoms with E-state index in [0.29, 0.717) is 0 Å². The van der Waals surface area contributed by atoms with Crippen LogP contribution in [0.25, 0.3) is 10.8 Å². The van der Waals surface area contributed by atoms with E-state index in [1.165, 1.54) is 10.8 Å². The number of nitrogens with zero attached hydrogens (tertiary/aromatic N) is 1. The normalized spacial score (nSPS) is 7.91. The zero-order chi connectivity index (χ0) is 15.4. The van der Waals surface area contributed by atoms with Gasteiger partial charge in [-0.2, -0.15) is 0 Å². The smallest absolute Gasteiger partial charge is 0.548 e. The second-order valence-corrected chi connectivity index (χ2v) is 3.28. The second kappa shape index (κ2) is 15.5. The first-order valence-electron chi connectivity index (χ1n) is 5.41. The van der Waals surface area contributed by atoms with Crippen LogP contribution < -0.4 is 16.4 Å². The Morgan fingerprint density at radius 2 is 1.36 bits per heavy atom. The van der Waals surface area contributed by atoms with Crippen molar-refractivity contribution in [3.63, 3.8) is 0 Å². The van der Waals surface area contributed by atoms with Crippen LogP contribution in [0.2, 0.25) is 0 Å². The topological polar surface area (TPSA) is 169 Å². The molecule has 0 saturated carbocycles. The van der Waals surface area contributed by atoms with Gasteiger partial charge < -0.3 is 36.2 Å². The molecule has 0 atom stereocenters. The number of carboxylic acid groups (broad SMARTS) is 2. The summed E-state index contributed by atoms with van der Waals surface area (Å²) < 4.78 is 0. The first-order valence-corrected chi connectivity index (χ1v) is 5.41. The summed E-state index contributed by atoms with van der Waals surface area (Å²) in [6.45, 7) is -1.78. The standard InChI is InChI=1S/C9H7N.2C2H4O3.H3N.Pt/c1-2-4-9-7-10-6-5-8(9)3-1;2*3-1-2(4)5;;/h1-7H;2*3H,1H2,(H,4,5);1H3;/q;;;;+2/p-2. The van der Waals surface area contributed by atoms with Gasteiger partial charge in [0.15, 0.2) is 0 Å². The summed E-state index contributed by atoms with van der Waals surface area (Å²) in [4.78, 5) is 22.0. The largest absolute Gasteiger partial charge is 2.00 e. The predicted octanol–water partition coefficient (Wildman–Crippen LogP) is -2.15. The van der Waals surface area contributed by atoms with Gasteiger partial charge in [-0.1, -0.05) is 24.3 Å². The van der Waals surface area contributed by atoms with Crippen LogP contribution in [0.15, 0.2) is 42.7 Å². The number of carboxylic acids is 2. The van der Waals surface area contributed by atoms with Crippen molar-refractivity contribution in [2.75, 3.05) is 13.2 Å². The summed E-state index contributed by atoms with van der Waals surface area (Å²) in [7, 11) is 0. The maximum absolute atomic E-state index is 9.01. The van der Waals surface area contributed by atoms with Gasteiger partial charge in [-0.05, 0) is 16.8 Å². The summed E-state index contributed by atoms with van der Waals surface area (Å²) in [5.41, 5.74) is 0. The van der Waals surface area contributed by atoms with Gasteiger partial charge in [-0.15, -0.1) is 0 Å². The summed E-state index contributed by atoms with van der Waals surface area (Å²) in [6, 6.07) is 10.2. The summed E-state index contributed by atoms with van der Waals surface area (Å²) in [6.07, 6.45) is 3.68. The Morgan fingerprint density at radius 1 is 0.955 bits per heavy atom. The number of aromatic nitrogens is 1. The average Bonchev–Trinajstić information content (AvgIpc) is 2.48. The fourth-order valence-electron chi connectivity index (χ4n) is 1.03. The molecule has 0 aliphatic heterocycles. The molecule has 5 N–H and O–H groups in total. The first kappa shape index (κ1) is 25.1. The summed E-state index contributed by atoms with van der Waals surface area (Å²) in [5, 5.41) is 35.4. The van der Waals surface area contributed by atoms with E-state index in [-0.39, 0.29) is 27.2 Å². The molecule has 9 heteroatoms. The van der Waals surface area contributed by atoms with Gasteiger partial charge in [0.25, 0.3) is 0 Å². The minimum atomic E-state index is -1.44. The molecule has 0 bridgehead atoms. The van der Waals surface area contributed by atoms with E-state index >= 15 is 0 Å². The van der Waals surface area contributed by atoms with Gasteiger partial charge in [-0.25, -0.2) is 0 Å². The van der Waals surface area contributed by atoms with E-state index in [9.17, 15) is 0 Å². The molecule has 22 heavy (non-hydrogen) atoms. The molecule has 2 aromatic rings. The molecule has 0 aliphatic carbocycles. The average molecular weight is 491 g/mol. The van der Waals surface area contributed by atoms with E-state index in [1.807, 2.05) is 30.6 Å². The molecule has 0 fully saturated rings. The Kier molecular flexibility index (Phi) is 17.7. The predicted molar refractivity (Wildman–Crippen MR) is 71.0 cm³/mol. The fourth-order valence-corrected chi connectivity index (χ4v) is 1.03. The Balaban J connectivity index is -0.000000264. The van der Waals surface area contributed by atoms with Crippen molar-refractivity contribution >= 4 is 22.7 Å². The molecule has 2 rings (SSSR count). The van der Waals surface area contributed by atoms with Gasteiger partial charge in [-0.3, -0.25) is 4.98 Å². The Hall–Kier alpha value is -1.86. The van der Waals surface area contributed by atoms with E-state index in [1.54, 1.807) is 0 Å². The van der Waals surface area contributed by atoms with Crippen LogP contribution in [0, 0.1) is 0 Å². The molecule has 0 amide bonds. The minimum Gasteiger partial charge on any atom is -0.548 e. The Bertz CT molecular complexity index is 473. The third-order valence-corrected chi connectivity index (χ3v) is 1.81. The van der Waals surface area contributed by atoms with Gasteiger partial charge in [0.1, 0.15) is 0 Å². The fraction of sp³-hybridized carbons (Fsp3) is 0.154. The van der Waals surface area contributed by atoms with E-state index in [4.69, 9.17) is 30.0 Å². The third-order valence-electron chi connectivity index (χ3n) is 1.81. The van der Waals surface area contributed by atoms with Crippen LogP contribution in [-0.2, 0) is 30.7 Å². The molecule has 0 aliphatic rings. The van der Waals surface area contributed by atoms with Crippen LogP contribution in [0.3, 0.4) is 0 Å². The van der Waals surface area contributed by atoms with Crippen LogP contribution in [-0.4, -0.2) is 40.3 Å². The van der Waals surface area contributed by atoms with E-state index in [0.717, 1.165) is 0 Å². The number of fused-ring (bicyclic) bond motifs is 1. The molecule has 0 radical (unpaired) electrons. The van der Waals surface area contributed by atoms with Crippen LogP contribution in [0.4, 0.5) is 0 Å². The number of hydrogen-bond acceptors (Lipinski definition) is 8. The minimum absolute atomic E-state index is 0. The number of benzene rings is 1. The Labute approximate surface area is 141 Å². The summed E-state index contributed by atoms with van der Waals surface area (Å²) in [5.74, 6) is -2.88. The van der Waals surface area contributed by atoms with Crippen molar-refractivity contribution in [1.82, 2.24) is 11.1 Å². The SMILES string of the molecule is N.O=C([O-])CO.O=C([O-])CO.[Pt+2].c1ccc2cnccc2c1. The quantitative estimate of drug-likeness (QED) is 0.427. The molecule has 8 nitrogen and oxygen atoms in total. The van der Waals surface area contributed by atoms with Crippen LogP contribution in [0.1, 0.15) is 0 Å². The first-order chi connectivity index (χ1) is 9.51. The molecule has 124 valence electrons. The Morgan fingerprint density at radius 3 is 1.73 bits per heavy atom. The van der Waals surface area contributed by atoms with Crippen molar-refractivity contribution in [3.05, 3.63) is 42.7 Å². The molecule has 1 aromatic heterocycles. The monoisotopic (exact) mass is 491 g/mol.